The fraction of sp³-hybridized carbons (Fsp3) is 0.154. The van der Waals surface area contributed by atoms with E-state index < -0.39 is 11.8 Å². The highest BCUT2D eigenvalue weighted by atomic mass is 32.2. The van der Waals surface area contributed by atoms with Gasteiger partial charge in [0.2, 0.25) is 5.91 Å². The molecule has 0 bridgehead atoms. The van der Waals surface area contributed by atoms with Gasteiger partial charge in [0.25, 0.3) is 11.8 Å². The van der Waals surface area contributed by atoms with Crippen molar-refractivity contribution in [3.05, 3.63) is 144 Å². The minimum absolute atomic E-state index is 0.0160. The van der Waals surface area contributed by atoms with Crippen LogP contribution in [0.25, 0.3) is 17.4 Å². The minimum atomic E-state index is -0.520. The van der Waals surface area contributed by atoms with E-state index in [2.05, 4.69) is 15.5 Å². The number of amides is 3. The number of halogens is 1. The highest BCUT2D eigenvalue weighted by molar-refractivity contribution is 8.00. The van der Waals surface area contributed by atoms with Gasteiger partial charge in [0, 0.05) is 59.7 Å². The molecule has 5 aromatic rings. The Labute approximate surface area is 288 Å². The van der Waals surface area contributed by atoms with Gasteiger partial charge in [0.15, 0.2) is 0 Å². The Balaban J connectivity index is 1.07. The van der Waals surface area contributed by atoms with Crippen LogP contribution in [-0.4, -0.2) is 54.6 Å². The quantitative estimate of drug-likeness (QED) is 0.120. The van der Waals surface area contributed by atoms with Gasteiger partial charge < -0.3 is 24.9 Å². The first-order chi connectivity index (χ1) is 23.8. The molecule has 2 N–H and O–H groups in total. The van der Waals surface area contributed by atoms with Crippen molar-refractivity contribution >= 4 is 46.9 Å². The first kappa shape index (κ1) is 33.3. The highest BCUT2D eigenvalue weighted by Crippen LogP contribution is 2.25. The van der Waals surface area contributed by atoms with E-state index in [9.17, 15) is 18.8 Å². The number of carbonyl (C=O) groups excluding carboxylic acids is 3. The van der Waals surface area contributed by atoms with Gasteiger partial charge in [-0.05, 0) is 79.7 Å². The summed E-state index contributed by atoms with van der Waals surface area (Å²) in [5.74, 6) is 0.162. The highest BCUT2D eigenvalue weighted by Gasteiger charge is 2.22. The summed E-state index contributed by atoms with van der Waals surface area (Å²) in [4.78, 5) is 44.3. The molecular weight excluding hydrogens is 640 g/mol. The maximum atomic E-state index is 13.5. The minimum Gasteiger partial charge on any atom is -0.457 e. The molecule has 8 nitrogen and oxygen atoms in total. The number of rotatable bonds is 10. The van der Waals surface area contributed by atoms with Crippen LogP contribution in [0.1, 0.15) is 21.7 Å². The molecule has 0 radical (unpaired) electrons. The predicted octanol–water partition coefficient (Wildman–Crippen LogP) is 7.24. The zero-order chi connectivity index (χ0) is 34.2. The number of hydrogen-bond acceptors (Lipinski definition) is 6. The van der Waals surface area contributed by atoms with E-state index in [4.69, 9.17) is 4.42 Å². The molecule has 6 rings (SSSR count). The summed E-state index contributed by atoms with van der Waals surface area (Å²) in [6.07, 6.45) is 1.50. The summed E-state index contributed by atoms with van der Waals surface area (Å²) >= 11 is 1.42. The summed E-state index contributed by atoms with van der Waals surface area (Å²) in [6, 6.07) is 33.7. The van der Waals surface area contributed by atoms with Crippen molar-refractivity contribution < 1.29 is 23.2 Å². The number of carbonyl (C=O) groups is 3. The van der Waals surface area contributed by atoms with Gasteiger partial charge in [0.05, 0.1) is 5.75 Å². The molecule has 3 amide bonds. The summed E-state index contributed by atoms with van der Waals surface area (Å²) in [6.45, 7) is 4.59. The van der Waals surface area contributed by atoms with E-state index in [0.717, 1.165) is 21.7 Å². The molecule has 1 saturated heterocycles. The zero-order valence-corrected chi connectivity index (χ0v) is 27.7. The van der Waals surface area contributed by atoms with Crippen molar-refractivity contribution in [1.29, 1.82) is 0 Å². The molecule has 0 aliphatic carbocycles. The van der Waals surface area contributed by atoms with Gasteiger partial charge >= 0.3 is 0 Å². The number of anilines is 2. The van der Waals surface area contributed by atoms with Gasteiger partial charge in [-0.2, -0.15) is 0 Å². The maximum absolute atomic E-state index is 13.5. The number of benzene rings is 4. The predicted molar refractivity (Wildman–Crippen MR) is 192 cm³/mol. The number of hydrogen-bond donors (Lipinski definition) is 2. The van der Waals surface area contributed by atoms with Crippen LogP contribution in [0.15, 0.2) is 130 Å². The van der Waals surface area contributed by atoms with Crippen LogP contribution < -0.4 is 15.5 Å². The third-order valence-electron chi connectivity index (χ3n) is 8.08. The van der Waals surface area contributed by atoms with Crippen LogP contribution >= 0.6 is 11.8 Å². The van der Waals surface area contributed by atoms with Crippen LogP contribution in [0.5, 0.6) is 0 Å². The lowest BCUT2D eigenvalue weighted by Gasteiger charge is -2.36. The van der Waals surface area contributed by atoms with Crippen molar-refractivity contribution in [3.63, 3.8) is 0 Å². The Bertz CT molecular complexity index is 1930. The van der Waals surface area contributed by atoms with Crippen LogP contribution in [0, 0.1) is 12.7 Å². The summed E-state index contributed by atoms with van der Waals surface area (Å²) in [7, 11) is 0. The second kappa shape index (κ2) is 15.5. The van der Waals surface area contributed by atoms with Crippen molar-refractivity contribution in [3.8, 4) is 11.3 Å². The summed E-state index contributed by atoms with van der Waals surface area (Å²) in [5.41, 5.74) is 3.93. The molecule has 0 unspecified atom stereocenters. The molecule has 0 atom stereocenters. The van der Waals surface area contributed by atoms with E-state index in [1.54, 1.807) is 54.6 Å². The lowest BCUT2D eigenvalue weighted by molar-refractivity contribution is -0.128. The average molecular weight is 675 g/mol. The molecule has 248 valence electrons. The standard InChI is InChI=1S/C39H35FN4O4S/c1-27-7-9-28(10-8-27)36-20-17-33(48-36)25-35(42-38(46)29-5-3-2-4-6-29)39(47)41-31-13-18-34(19-14-31)49-26-37(45)44-23-21-43(22-24-44)32-15-11-30(40)12-16-32/h2-20,25H,21-24,26H2,1H3,(H,41,47)(H,42,46). The zero-order valence-electron chi connectivity index (χ0n) is 26.9. The number of nitrogens with one attached hydrogen (secondary N) is 2. The first-order valence-corrected chi connectivity index (χ1v) is 16.9. The van der Waals surface area contributed by atoms with Gasteiger partial charge in [0.1, 0.15) is 23.0 Å². The topological polar surface area (TPSA) is 94.9 Å². The normalized spacial score (nSPS) is 13.2. The molecule has 0 saturated carbocycles. The van der Waals surface area contributed by atoms with Crippen LogP contribution in [-0.2, 0) is 9.59 Å². The molecule has 0 spiro atoms. The second-order valence-electron chi connectivity index (χ2n) is 11.6. The Kier molecular flexibility index (Phi) is 10.6. The Morgan fingerprint density at radius 1 is 0.816 bits per heavy atom. The van der Waals surface area contributed by atoms with Crippen molar-refractivity contribution in [2.24, 2.45) is 0 Å². The molecular formula is C39H35FN4O4S. The fourth-order valence-corrected chi connectivity index (χ4v) is 6.12. The molecule has 1 aliphatic rings. The molecule has 1 aromatic heterocycles. The lowest BCUT2D eigenvalue weighted by Crippen LogP contribution is -2.49. The third kappa shape index (κ3) is 8.85. The van der Waals surface area contributed by atoms with Crippen LogP contribution in [0.4, 0.5) is 15.8 Å². The van der Waals surface area contributed by atoms with E-state index >= 15 is 0 Å². The van der Waals surface area contributed by atoms with Gasteiger partial charge in [-0.15, -0.1) is 11.8 Å². The van der Waals surface area contributed by atoms with Crippen molar-refractivity contribution in [1.82, 2.24) is 10.2 Å². The van der Waals surface area contributed by atoms with E-state index in [1.807, 2.05) is 60.4 Å². The van der Waals surface area contributed by atoms with Crippen molar-refractivity contribution in [2.45, 2.75) is 11.8 Å². The fourth-order valence-electron chi connectivity index (χ4n) is 5.32. The first-order valence-electron chi connectivity index (χ1n) is 15.9. The number of thioether (sulfide) groups is 1. The van der Waals surface area contributed by atoms with Gasteiger partial charge in [-0.3, -0.25) is 14.4 Å². The van der Waals surface area contributed by atoms with Crippen LogP contribution in [0.3, 0.4) is 0 Å². The number of piperazine rings is 1. The monoisotopic (exact) mass is 674 g/mol. The Morgan fingerprint density at radius 2 is 1.51 bits per heavy atom. The molecule has 10 heteroatoms. The van der Waals surface area contributed by atoms with E-state index in [1.165, 1.54) is 30.0 Å². The number of furan rings is 1. The van der Waals surface area contributed by atoms with Gasteiger partial charge in [-0.1, -0.05) is 48.0 Å². The van der Waals surface area contributed by atoms with E-state index in [-0.39, 0.29) is 23.2 Å². The maximum Gasteiger partial charge on any atom is 0.272 e. The Hall–Kier alpha value is -5.61. The SMILES string of the molecule is Cc1ccc(-c2ccc(C=C(NC(=O)c3ccccc3)C(=O)Nc3ccc(SCC(=O)N4CCN(c5ccc(F)cc5)CC4)cc3)o2)cc1. The molecule has 1 fully saturated rings. The molecule has 1 aliphatic heterocycles. The lowest BCUT2D eigenvalue weighted by atomic mass is 10.1. The Morgan fingerprint density at radius 3 is 2.20 bits per heavy atom. The molecule has 2 heterocycles. The largest absolute Gasteiger partial charge is 0.457 e. The summed E-state index contributed by atoms with van der Waals surface area (Å²) < 4.78 is 19.3. The third-order valence-corrected chi connectivity index (χ3v) is 9.07. The number of nitrogens with zero attached hydrogens (tertiary/aromatic N) is 2. The number of aryl methyl sites for hydroxylation is 1. The van der Waals surface area contributed by atoms with Crippen molar-refractivity contribution in [2.75, 3.05) is 42.1 Å². The average Bonchev–Trinajstić information content (AvgIpc) is 3.60. The summed E-state index contributed by atoms with van der Waals surface area (Å²) in [5, 5.41) is 5.59. The molecule has 4 aromatic carbocycles. The van der Waals surface area contributed by atoms with Gasteiger partial charge in [-0.25, -0.2) is 4.39 Å². The van der Waals surface area contributed by atoms with Crippen LogP contribution in [0.2, 0.25) is 0 Å². The second-order valence-corrected chi connectivity index (χ2v) is 12.6. The molecule has 49 heavy (non-hydrogen) atoms. The smallest absolute Gasteiger partial charge is 0.272 e. The van der Waals surface area contributed by atoms with E-state index in [0.29, 0.717) is 49.0 Å².